The molecule has 0 saturated carbocycles. The van der Waals surface area contributed by atoms with Gasteiger partial charge in [0.25, 0.3) is 0 Å². The summed E-state index contributed by atoms with van der Waals surface area (Å²) in [5, 5.41) is 3.48. The van der Waals surface area contributed by atoms with E-state index in [0.29, 0.717) is 6.04 Å². The van der Waals surface area contributed by atoms with Crippen LogP contribution in [0.5, 0.6) is 0 Å². The molecule has 0 bridgehead atoms. The molecule has 94 valence electrons. The van der Waals surface area contributed by atoms with Crippen molar-refractivity contribution in [1.29, 1.82) is 0 Å². The highest BCUT2D eigenvalue weighted by molar-refractivity contribution is 9.10. The highest BCUT2D eigenvalue weighted by Crippen LogP contribution is 2.14. The lowest BCUT2D eigenvalue weighted by atomic mass is 10.1. The van der Waals surface area contributed by atoms with E-state index in [2.05, 4.69) is 64.3 Å². The number of hydrogen-bond acceptors (Lipinski definition) is 2. The summed E-state index contributed by atoms with van der Waals surface area (Å²) in [5.74, 6) is 0. The lowest BCUT2D eigenvalue weighted by molar-refractivity contribution is 0.567. The van der Waals surface area contributed by atoms with Crippen LogP contribution in [-0.4, -0.2) is 4.98 Å². The number of hydrogen-bond donors (Lipinski definition) is 1. The number of aryl methyl sites for hydroxylation is 1. The fourth-order valence-electron chi connectivity index (χ4n) is 1.78. The van der Waals surface area contributed by atoms with Crippen LogP contribution in [0.1, 0.15) is 29.8 Å². The fourth-order valence-corrected chi connectivity index (χ4v) is 2.16. The van der Waals surface area contributed by atoms with Crippen LogP contribution in [0, 0.1) is 6.92 Å². The van der Waals surface area contributed by atoms with Crippen LogP contribution in [-0.2, 0) is 6.54 Å². The Morgan fingerprint density at radius 2 is 1.89 bits per heavy atom. The normalized spacial score (nSPS) is 12.4. The van der Waals surface area contributed by atoms with Gasteiger partial charge in [0.2, 0.25) is 0 Å². The smallest absolute Gasteiger partial charge is 0.106 e. The molecule has 2 rings (SSSR count). The number of benzene rings is 1. The van der Waals surface area contributed by atoms with Gasteiger partial charge in [-0.2, -0.15) is 0 Å². The van der Waals surface area contributed by atoms with Crippen molar-refractivity contribution < 1.29 is 0 Å². The highest BCUT2D eigenvalue weighted by Gasteiger charge is 2.04. The molecule has 0 aliphatic heterocycles. The Morgan fingerprint density at radius 1 is 1.17 bits per heavy atom. The molecule has 1 N–H and O–H groups in total. The lowest BCUT2D eigenvalue weighted by Gasteiger charge is -2.14. The molecule has 18 heavy (non-hydrogen) atoms. The molecule has 1 aromatic carbocycles. The zero-order valence-corrected chi connectivity index (χ0v) is 12.2. The van der Waals surface area contributed by atoms with Gasteiger partial charge in [-0.3, -0.25) is 0 Å². The Kier molecular flexibility index (Phi) is 4.50. The predicted molar refractivity (Wildman–Crippen MR) is 78.4 cm³/mol. The molecular weight excluding hydrogens is 288 g/mol. The molecule has 1 atom stereocenters. The minimum absolute atomic E-state index is 0.325. The molecule has 2 aromatic rings. The third kappa shape index (κ3) is 3.65. The molecule has 1 heterocycles. The zero-order valence-electron chi connectivity index (χ0n) is 10.7. The van der Waals surface area contributed by atoms with Crippen molar-refractivity contribution in [3.05, 3.63) is 63.9 Å². The standard InChI is InChI=1S/C15H17BrN2/c1-11-6-8-13(9-7-11)12(2)17-10-14-4-3-5-15(16)18-14/h3-9,12,17H,10H2,1-2H3/t12-/m0/s1. The van der Waals surface area contributed by atoms with Crippen LogP contribution in [0.25, 0.3) is 0 Å². The molecule has 0 saturated heterocycles. The molecule has 0 spiro atoms. The number of aromatic nitrogens is 1. The van der Waals surface area contributed by atoms with Crippen LogP contribution in [0.4, 0.5) is 0 Å². The molecule has 0 aliphatic rings. The summed E-state index contributed by atoms with van der Waals surface area (Å²) in [5.41, 5.74) is 3.64. The number of halogens is 1. The Bertz CT molecular complexity index is 508. The number of nitrogens with one attached hydrogen (secondary N) is 1. The molecule has 0 aliphatic carbocycles. The van der Waals surface area contributed by atoms with E-state index in [9.17, 15) is 0 Å². The van der Waals surface area contributed by atoms with Gasteiger partial charge in [0, 0.05) is 12.6 Å². The third-order valence-electron chi connectivity index (χ3n) is 2.94. The van der Waals surface area contributed by atoms with Crippen molar-refractivity contribution in [2.75, 3.05) is 0 Å². The van der Waals surface area contributed by atoms with Crippen molar-refractivity contribution in [3.8, 4) is 0 Å². The van der Waals surface area contributed by atoms with Gasteiger partial charge in [0.05, 0.1) is 5.69 Å². The van der Waals surface area contributed by atoms with Crippen LogP contribution >= 0.6 is 15.9 Å². The number of rotatable bonds is 4. The van der Waals surface area contributed by atoms with Gasteiger partial charge in [-0.05, 0) is 47.5 Å². The monoisotopic (exact) mass is 304 g/mol. The van der Waals surface area contributed by atoms with Crippen molar-refractivity contribution in [2.24, 2.45) is 0 Å². The Hall–Kier alpha value is -1.19. The first kappa shape index (κ1) is 13.2. The minimum atomic E-state index is 0.325. The second-order valence-corrected chi connectivity index (χ2v) is 5.28. The minimum Gasteiger partial charge on any atom is -0.305 e. The average molecular weight is 305 g/mol. The maximum atomic E-state index is 4.41. The maximum absolute atomic E-state index is 4.41. The van der Waals surface area contributed by atoms with Crippen LogP contribution < -0.4 is 5.32 Å². The van der Waals surface area contributed by atoms with E-state index in [4.69, 9.17) is 0 Å². The van der Waals surface area contributed by atoms with Gasteiger partial charge in [-0.1, -0.05) is 35.9 Å². The van der Waals surface area contributed by atoms with Gasteiger partial charge in [-0.15, -0.1) is 0 Å². The van der Waals surface area contributed by atoms with Crippen molar-refractivity contribution in [3.63, 3.8) is 0 Å². The van der Waals surface area contributed by atoms with Gasteiger partial charge in [0.1, 0.15) is 4.60 Å². The summed E-state index contributed by atoms with van der Waals surface area (Å²) in [7, 11) is 0. The van der Waals surface area contributed by atoms with Crippen molar-refractivity contribution in [1.82, 2.24) is 10.3 Å². The predicted octanol–water partition coefficient (Wildman–Crippen LogP) is 4.00. The first-order valence-electron chi connectivity index (χ1n) is 6.06. The first-order chi connectivity index (χ1) is 8.65. The average Bonchev–Trinajstić information content (AvgIpc) is 2.37. The summed E-state index contributed by atoms with van der Waals surface area (Å²) >= 11 is 3.38. The molecule has 3 heteroatoms. The Morgan fingerprint density at radius 3 is 2.56 bits per heavy atom. The van der Waals surface area contributed by atoms with Crippen molar-refractivity contribution in [2.45, 2.75) is 26.4 Å². The number of nitrogens with zero attached hydrogens (tertiary/aromatic N) is 1. The fraction of sp³-hybridized carbons (Fsp3) is 0.267. The van der Waals surface area contributed by atoms with E-state index in [1.165, 1.54) is 11.1 Å². The van der Waals surface area contributed by atoms with E-state index < -0.39 is 0 Å². The number of pyridine rings is 1. The Balaban J connectivity index is 1.96. The molecule has 0 fully saturated rings. The first-order valence-corrected chi connectivity index (χ1v) is 6.86. The molecule has 0 unspecified atom stereocenters. The van der Waals surface area contributed by atoms with E-state index in [0.717, 1.165) is 16.8 Å². The Labute approximate surface area is 117 Å². The maximum Gasteiger partial charge on any atom is 0.106 e. The largest absolute Gasteiger partial charge is 0.305 e. The lowest BCUT2D eigenvalue weighted by Crippen LogP contribution is -2.18. The van der Waals surface area contributed by atoms with Gasteiger partial charge in [0.15, 0.2) is 0 Å². The summed E-state index contributed by atoms with van der Waals surface area (Å²) in [6.07, 6.45) is 0. The van der Waals surface area contributed by atoms with Crippen LogP contribution in [0.2, 0.25) is 0 Å². The molecule has 1 aromatic heterocycles. The van der Waals surface area contributed by atoms with Crippen LogP contribution in [0.3, 0.4) is 0 Å². The highest BCUT2D eigenvalue weighted by atomic mass is 79.9. The topological polar surface area (TPSA) is 24.9 Å². The molecule has 2 nitrogen and oxygen atoms in total. The summed E-state index contributed by atoms with van der Waals surface area (Å²) in [4.78, 5) is 4.41. The van der Waals surface area contributed by atoms with E-state index in [1.807, 2.05) is 18.2 Å². The van der Waals surface area contributed by atoms with Crippen LogP contribution in [0.15, 0.2) is 47.1 Å². The van der Waals surface area contributed by atoms with Gasteiger partial charge in [-0.25, -0.2) is 4.98 Å². The quantitative estimate of drug-likeness (QED) is 0.864. The summed E-state index contributed by atoms with van der Waals surface area (Å²) < 4.78 is 0.879. The second kappa shape index (κ2) is 6.12. The van der Waals surface area contributed by atoms with Crippen molar-refractivity contribution >= 4 is 15.9 Å². The third-order valence-corrected chi connectivity index (χ3v) is 3.38. The summed E-state index contributed by atoms with van der Waals surface area (Å²) in [6.45, 7) is 5.05. The second-order valence-electron chi connectivity index (χ2n) is 4.46. The van der Waals surface area contributed by atoms with E-state index in [1.54, 1.807) is 0 Å². The van der Waals surface area contributed by atoms with Gasteiger partial charge < -0.3 is 5.32 Å². The summed E-state index contributed by atoms with van der Waals surface area (Å²) in [6, 6.07) is 14.9. The molecule has 0 radical (unpaired) electrons. The van der Waals surface area contributed by atoms with Gasteiger partial charge >= 0.3 is 0 Å². The van der Waals surface area contributed by atoms with E-state index in [-0.39, 0.29) is 0 Å². The molecular formula is C15H17BrN2. The molecule has 0 amide bonds. The zero-order chi connectivity index (χ0) is 13.0. The SMILES string of the molecule is Cc1ccc([C@H](C)NCc2cccc(Br)n2)cc1. The van der Waals surface area contributed by atoms with E-state index >= 15 is 0 Å².